The molecule has 0 saturated carbocycles. The van der Waals surface area contributed by atoms with Gasteiger partial charge in [-0.1, -0.05) is 13.8 Å². The Hall–Kier alpha value is -0.810. The molecule has 0 bridgehead atoms. The van der Waals surface area contributed by atoms with E-state index in [1.54, 1.807) is 0 Å². The first-order valence-electron chi connectivity index (χ1n) is 3.44. The minimum absolute atomic E-state index is 0.0335. The van der Waals surface area contributed by atoms with Crippen molar-refractivity contribution in [1.82, 2.24) is 0 Å². The Morgan fingerprint density at radius 2 is 2.10 bits per heavy atom. The lowest BCUT2D eigenvalue weighted by molar-refractivity contribution is -0.109. The highest BCUT2D eigenvalue weighted by Crippen LogP contribution is 2.19. The molecule has 56 valence electrons. The van der Waals surface area contributed by atoms with Crippen molar-refractivity contribution >= 4 is 6.29 Å². The molecular weight excluding hydrogens is 124 g/mol. The molecule has 0 aromatic heterocycles. The Morgan fingerprint density at radius 3 is 2.50 bits per heavy atom. The van der Waals surface area contributed by atoms with E-state index in [0.29, 0.717) is 6.42 Å². The number of carbonyl (C=O) groups excluding carboxylic acids is 1. The second-order valence-corrected chi connectivity index (χ2v) is 2.96. The molecule has 0 aliphatic carbocycles. The van der Waals surface area contributed by atoms with Crippen molar-refractivity contribution < 1.29 is 4.79 Å². The van der Waals surface area contributed by atoms with Crippen molar-refractivity contribution in [2.45, 2.75) is 27.2 Å². The third-order valence-corrected chi connectivity index (χ3v) is 1.25. The molecular formula is C9H14O. The molecule has 0 rings (SSSR count). The number of allylic oxidation sites excluding steroid dienone is 1. The smallest absolute Gasteiger partial charge is 0.120 e. The first kappa shape index (κ1) is 9.19. The van der Waals surface area contributed by atoms with Crippen LogP contribution in [0.5, 0.6) is 0 Å². The molecule has 0 unspecified atom stereocenters. The van der Waals surface area contributed by atoms with Crippen molar-refractivity contribution in [2.75, 3.05) is 0 Å². The summed E-state index contributed by atoms with van der Waals surface area (Å²) < 4.78 is 0. The fraction of sp³-hybridized carbons (Fsp3) is 0.556. The summed E-state index contributed by atoms with van der Waals surface area (Å²) in [5, 5.41) is 0. The van der Waals surface area contributed by atoms with Gasteiger partial charge in [0, 0.05) is 6.42 Å². The van der Waals surface area contributed by atoms with Gasteiger partial charge in [0.25, 0.3) is 0 Å². The van der Waals surface area contributed by atoms with Crippen LogP contribution in [0.4, 0.5) is 0 Å². The molecule has 0 aliphatic rings. The van der Waals surface area contributed by atoms with Crippen LogP contribution in [0.1, 0.15) is 27.2 Å². The maximum absolute atomic E-state index is 10.1. The summed E-state index contributed by atoms with van der Waals surface area (Å²) in [5.41, 5.74) is 2.93. The largest absolute Gasteiger partial charge is 0.303 e. The molecule has 0 saturated heterocycles. The number of rotatable bonds is 3. The van der Waals surface area contributed by atoms with Crippen LogP contribution < -0.4 is 0 Å². The number of carbonyl (C=O) groups is 1. The van der Waals surface area contributed by atoms with E-state index in [4.69, 9.17) is 0 Å². The van der Waals surface area contributed by atoms with Gasteiger partial charge in [0.2, 0.25) is 0 Å². The van der Waals surface area contributed by atoms with Crippen LogP contribution in [0.25, 0.3) is 0 Å². The van der Waals surface area contributed by atoms with Crippen molar-refractivity contribution in [2.24, 2.45) is 5.41 Å². The van der Waals surface area contributed by atoms with Crippen LogP contribution in [-0.2, 0) is 4.79 Å². The summed E-state index contributed by atoms with van der Waals surface area (Å²) in [6, 6.07) is 0. The molecule has 1 nitrogen and oxygen atoms in total. The summed E-state index contributed by atoms with van der Waals surface area (Å²) >= 11 is 0. The quantitative estimate of drug-likeness (QED) is 0.432. The zero-order valence-electron chi connectivity index (χ0n) is 6.85. The predicted molar refractivity (Wildman–Crippen MR) is 42.8 cm³/mol. The fourth-order valence-corrected chi connectivity index (χ4v) is 0.583. The van der Waals surface area contributed by atoms with E-state index in [1.807, 2.05) is 32.9 Å². The maximum atomic E-state index is 10.1. The normalized spacial score (nSPS) is 9.90. The molecule has 0 aliphatic heterocycles. The Balaban J connectivity index is 4.10. The predicted octanol–water partition coefficient (Wildman–Crippen LogP) is 2.33. The molecule has 0 aromatic rings. The van der Waals surface area contributed by atoms with Gasteiger partial charge in [0.1, 0.15) is 6.29 Å². The van der Waals surface area contributed by atoms with Gasteiger partial charge in [-0.05, 0) is 24.5 Å². The highest BCUT2D eigenvalue weighted by atomic mass is 16.1. The molecule has 0 fully saturated rings. The topological polar surface area (TPSA) is 17.1 Å². The number of hydrogen-bond acceptors (Lipinski definition) is 1. The Labute approximate surface area is 62.4 Å². The van der Waals surface area contributed by atoms with Crippen molar-refractivity contribution in [1.29, 1.82) is 0 Å². The van der Waals surface area contributed by atoms with Crippen molar-refractivity contribution in [3.05, 3.63) is 17.9 Å². The number of aldehydes is 1. The summed E-state index contributed by atoms with van der Waals surface area (Å²) in [4.78, 5) is 10.1. The van der Waals surface area contributed by atoms with Crippen LogP contribution in [0, 0.1) is 5.41 Å². The van der Waals surface area contributed by atoms with Crippen LogP contribution in [0.2, 0.25) is 0 Å². The van der Waals surface area contributed by atoms with E-state index in [0.717, 1.165) is 6.29 Å². The van der Waals surface area contributed by atoms with Crippen LogP contribution in [-0.4, -0.2) is 6.29 Å². The van der Waals surface area contributed by atoms with Gasteiger partial charge in [-0.2, -0.15) is 0 Å². The Kier molecular flexibility index (Phi) is 3.75. The molecule has 0 aromatic carbocycles. The lowest BCUT2D eigenvalue weighted by Gasteiger charge is -2.13. The van der Waals surface area contributed by atoms with Gasteiger partial charge in [-0.15, -0.1) is 5.73 Å². The monoisotopic (exact) mass is 138 g/mol. The maximum Gasteiger partial charge on any atom is 0.120 e. The van der Waals surface area contributed by atoms with E-state index < -0.39 is 0 Å². The standard InChI is InChI=1S/C9H14O/c1-4-5-6-9(2,3)7-8-10/h4,6,8H,7H2,1-3H3. The molecule has 0 N–H and O–H groups in total. The average Bonchev–Trinajstić information content (AvgIpc) is 1.84. The minimum Gasteiger partial charge on any atom is -0.303 e. The summed E-state index contributed by atoms with van der Waals surface area (Å²) in [5.74, 6) is 0. The number of hydrogen-bond donors (Lipinski definition) is 0. The molecule has 0 spiro atoms. The summed E-state index contributed by atoms with van der Waals surface area (Å²) in [6.07, 6.45) is 5.26. The minimum atomic E-state index is -0.0335. The second kappa shape index (κ2) is 4.08. The summed E-state index contributed by atoms with van der Waals surface area (Å²) in [7, 11) is 0. The van der Waals surface area contributed by atoms with Gasteiger partial charge in [-0.25, -0.2) is 0 Å². The van der Waals surface area contributed by atoms with E-state index in [2.05, 4.69) is 5.73 Å². The molecule has 0 amide bonds. The van der Waals surface area contributed by atoms with Crippen molar-refractivity contribution in [3.63, 3.8) is 0 Å². The SMILES string of the molecule is CC=C=CC(C)(C)CC=O. The third-order valence-electron chi connectivity index (χ3n) is 1.25. The average molecular weight is 138 g/mol. The highest BCUT2D eigenvalue weighted by molar-refractivity contribution is 5.51. The Morgan fingerprint density at radius 1 is 1.50 bits per heavy atom. The lowest BCUT2D eigenvalue weighted by atomic mass is 9.90. The molecule has 0 radical (unpaired) electrons. The third kappa shape index (κ3) is 4.11. The molecule has 1 heteroatoms. The van der Waals surface area contributed by atoms with Crippen LogP contribution >= 0.6 is 0 Å². The Bertz CT molecular complexity index is 160. The van der Waals surface area contributed by atoms with Gasteiger partial charge < -0.3 is 4.79 Å². The van der Waals surface area contributed by atoms with E-state index in [9.17, 15) is 4.79 Å². The molecule has 0 heterocycles. The van der Waals surface area contributed by atoms with Gasteiger partial charge >= 0.3 is 0 Å². The zero-order chi connectivity index (χ0) is 8.04. The fourth-order valence-electron chi connectivity index (χ4n) is 0.583. The molecule has 10 heavy (non-hydrogen) atoms. The van der Waals surface area contributed by atoms with Crippen LogP contribution in [0.15, 0.2) is 17.9 Å². The van der Waals surface area contributed by atoms with Crippen molar-refractivity contribution in [3.8, 4) is 0 Å². The second-order valence-electron chi connectivity index (χ2n) is 2.96. The van der Waals surface area contributed by atoms with Crippen LogP contribution in [0.3, 0.4) is 0 Å². The highest BCUT2D eigenvalue weighted by Gasteiger charge is 2.11. The first-order valence-corrected chi connectivity index (χ1v) is 3.44. The van der Waals surface area contributed by atoms with Gasteiger partial charge in [0.05, 0.1) is 0 Å². The lowest BCUT2D eigenvalue weighted by Crippen LogP contribution is -2.06. The van der Waals surface area contributed by atoms with E-state index in [1.165, 1.54) is 0 Å². The van der Waals surface area contributed by atoms with E-state index >= 15 is 0 Å². The zero-order valence-corrected chi connectivity index (χ0v) is 6.85. The van der Waals surface area contributed by atoms with Gasteiger partial charge in [-0.3, -0.25) is 0 Å². The first-order chi connectivity index (χ1) is 4.62. The van der Waals surface area contributed by atoms with Gasteiger partial charge in [0.15, 0.2) is 0 Å². The molecule has 0 atom stereocenters. The van der Waals surface area contributed by atoms with E-state index in [-0.39, 0.29) is 5.41 Å². The summed E-state index contributed by atoms with van der Waals surface area (Å²) in [6.45, 7) is 5.93.